The van der Waals surface area contributed by atoms with Gasteiger partial charge in [0.1, 0.15) is 24.4 Å². The summed E-state index contributed by atoms with van der Waals surface area (Å²) in [6, 6.07) is 1.57. The molecule has 188 valence electrons. The average Bonchev–Trinajstić information content (AvgIpc) is 2.75. The van der Waals surface area contributed by atoms with E-state index in [9.17, 15) is 34.6 Å². The van der Waals surface area contributed by atoms with E-state index in [4.69, 9.17) is 18.9 Å². The van der Waals surface area contributed by atoms with Crippen LogP contribution < -0.4 is 5.32 Å². The molecule has 1 aliphatic heterocycles. The first-order chi connectivity index (χ1) is 16.4. The van der Waals surface area contributed by atoms with E-state index in [0.29, 0.717) is 0 Å². The Morgan fingerprint density at radius 1 is 1.09 bits per heavy atom. The molecular weight excluding hydrogens is 492 g/mol. The van der Waals surface area contributed by atoms with Crippen LogP contribution in [-0.4, -0.2) is 70.1 Å². The Morgan fingerprint density at radius 2 is 1.71 bits per heavy atom. The van der Waals surface area contributed by atoms with Crippen LogP contribution in [0.2, 0.25) is 0 Å². The number of thiocarbonyl (C=S) groups is 1. The SMILES string of the molecule is CC(=O)OC[C@H]1O[C@H](N=C=S)[C@@H](Nc2ccc([N+](=O)[O-])cc2[N+](=O)[O-])[C@H](OC(C)=O)[C@H]1OC(C)=O. The molecule has 0 bridgehead atoms. The van der Waals surface area contributed by atoms with Gasteiger partial charge >= 0.3 is 17.9 Å². The summed E-state index contributed by atoms with van der Waals surface area (Å²) in [5.41, 5.74) is -1.42. The van der Waals surface area contributed by atoms with E-state index in [0.717, 1.165) is 39.0 Å². The Kier molecular flexibility index (Phi) is 9.27. The maximum atomic E-state index is 11.9. The molecule has 35 heavy (non-hydrogen) atoms. The number of nitrogens with zero attached hydrogens (tertiary/aromatic N) is 3. The normalized spacial score (nSPS) is 23.2. The number of carbonyl (C=O) groups is 3. The third kappa shape index (κ3) is 7.23. The highest BCUT2D eigenvalue weighted by molar-refractivity contribution is 7.78. The molecule has 0 saturated carbocycles. The second kappa shape index (κ2) is 11.9. The number of isothiocyanates is 1. The molecule has 0 radical (unpaired) electrons. The fourth-order valence-corrected chi connectivity index (χ4v) is 3.43. The number of ether oxygens (including phenoxy) is 4. The van der Waals surface area contributed by atoms with Crippen LogP contribution in [0.25, 0.3) is 0 Å². The topological polar surface area (TPSA) is 199 Å². The Morgan fingerprint density at radius 3 is 2.23 bits per heavy atom. The third-order valence-corrected chi connectivity index (χ3v) is 4.72. The second-order valence-corrected chi connectivity index (χ2v) is 7.30. The third-order valence-electron chi connectivity index (χ3n) is 4.61. The van der Waals surface area contributed by atoms with Crippen molar-refractivity contribution in [1.82, 2.24) is 0 Å². The Labute approximate surface area is 202 Å². The lowest BCUT2D eigenvalue weighted by atomic mass is 9.95. The molecule has 1 heterocycles. The molecule has 0 amide bonds. The summed E-state index contributed by atoms with van der Waals surface area (Å²) in [5, 5.41) is 27.4. The van der Waals surface area contributed by atoms with Crippen molar-refractivity contribution in [3.05, 3.63) is 38.4 Å². The largest absolute Gasteiger partial charge is 0.463 e. The number of benzene rings is 1. The number of hydrogen-bond donors (Lipinski definition) is 1. The van der Waals surface area contributed by atoms with Crippen molar-refractivity contribution in [3.63, 3.8) is 0 Å². The number of hydrogen-bond acceptors (Lipinski definition) is 14. The van der Waals surface area contributed by atoms with E-state index < -0.39 is 76.3 Å². The van der Waals surface area contributed by atoms with Gasteiger partial charge in [0.05, 0.1) is 21.1 Å². The smallest absolute Gasteiger partial charge is 0.303 e. The summed E-state index contributed by atoms with van der Waals surface area (Å²) in [7, 11) is 0. The van der Waals surface area contributed by atoms with Crippen LogP contribution in [0, 0.1) is 20.2 Å². The fourth-order valence-electron chi connectivity index (χ4n) is 3.32. The van der Waals surface area contributed by atoms with Gasteiger partial charge < -0.3 is 24.3 Å². The molecule has 0 aromatic heterocycles. The molecule has 15 nitrogen and oxygen atoms in total. The van der Waals surface area contributed by atoms with Crippen LogP contribution in [0.15, 0.2) is 23.2 Å². The number of nitro groups is 2. The van der Waals surface area contributed by atoms with Crippen LogP contribution in [0.4, 0.5) is 17.1 Å². The van der Waals surface area contributed by atoms with Crippen molar-refractivity contribution in [2.75, 3.05) is 11.9 Å². The van der Waals surface area contributed by atoms with Crippen molar-refractivity contribution < 1.29 is 43.2 Å². The van der Waals surface area contributed by atoms with Gasteiger partial charge in [-0.05, 0) is 18.3 Å². The zero-order chi connectivity index (χ0) is 26.3. The molecule has 1 aliphatic rings. The van der Waals surface area contributed by atoms with Crippen molar-refractivity contribution in [3.8, 4) is 0 Å². The Balaban J connectivity index is 2.58. The van der Waals surface area contributed by atoms with Crippen molar-refractivity contribution in [2.24, 2.45) is 4.99 Å². The molecule has 16 heteroatoms. The van der Waals surface area contributed by atoms with Crippen molar-refractivity contribution in [2.45, 2.75) is 51.4 Å². The number of rotatable bonds is 9. The van der Waals surface area contributed by atoms with E-state index in [2.05, 4.69) is 27.7 Å². The molecule has 1 aromatic carbocycles. The minimum absolute atomic E-state index is 0.212. The summed E-state index contributed by atoms with van der Waals surface area (Å²) < 4.78 is 21.4. The summed E-state index contributed by atoms with van der Waals surface area (Å²) in [5.74, 6) is -2.27. The molecular formula is C19H20N4O11S. The second-order valence-electron chi connectivity index (χ2n) is 7.12. The van der Waals surface area contributed by atoms with Gasteiger partial charge in [0.2, 0.25) is 0 Å². The predicted octanol–water partition coefficient (Wildman–Crippen LogP) is 1.54. The summed E-state index contributed by atoms with van der Waals surface area (Å²) >= 11 is 4.65. The van der Waals surface area contributed by atoms with Crippen LogP contribution in [0.1, 0.15) is 20.8 Å². The zero-order valence-electron chi connectivity index (χ0n) is 18.6. The van der Waals surface area contributed by atoms with Crippen LogP contribution in [0.5, 0.6) is 0 Å². The lowest BCUT2D eigenvalue weighted by Gasteiger charge is -2.43. The number of aliphatic imine (C=N–C) groups is 1. The van der Waals surface area contributed by atoms with Gasteiger partial charge in [-0.15, -0.1) is 0 Å². The monoisotopic (exact) mass is 512 g/mol. The number of esters is 3. The Hall–Kier alpha value is -4.01. The average molecular weight is 512 g/mol. The van der Waals surface area contributed by atoms with Gasteiger partial charge in [-0.3, -0.25) is 34.6 Å². The zero-order valence-corrected chi connectivity index (χ0v) is 19.4. The van der Waals surface area contributed by atoms with Gasteiger partial charge in [-0.25, -0.2) is 0 Å². The van der Waals surface area contributed by atoms with Gasteiger partial charge in [-0.1, -0.05) is 0 Å². The van der Waals surface area contributed by atoms with Crippen molar-refractivity contribution >= 4 is 52.3 Å². The standard InChI is InChI=1S/C19H20N4O11S/c1-9(24)31-7-15-17(32-10(2)25)18(33-11(3)26)16(19(34-15)20-8-35)21-13-5-4-12(22(27)28)6-14(13)23(29)30/h4-6,15-19,21H,7H2,1-3H3/t15-,16+,17+,18+,19+/m1/s1. The lowest BCUT2D eigenvalue weighted by molar-refractivity contribution is -0.393. The molecule has 0 unspecified atom stereocenters. The maximum Gasteiger partial charge on any atom is 0.303 e. The molecule has 1 N–H and O–H groups in total. The lowest BCUT2D eigenvalue weighted by Crippen LogP contribution is -2.63. The highest BCUT2D eigenvalue weighted by Crippen LogP contribution is 2.34. The number of nitrogens with one attached hydrogen (secondary N) is 1. The van der Waals surface area contributed by atoms with Crippen LogP contribution in [0.3, 0.4) is 0 Å². The molecule has 5 atom stereocenters. The molecule has 1 fully saturated rings. The minimum atomic E-state index is -1.38. The van der Waals surface area contributed by atoms with Crippen LogP contribution in [-0.2, 0) is 33.3 Å². The molecule has 0 spiro atoms. The van der Waals surface area contributed by atoms with E-state index in [-0.39, 0.29) is 5.69 Å². The van der Waals surface area contributed by atoms with Crippen molar-refractivity contribution in [1.29, 1.82) is 0 Å². The highest BCUT2D eigenvalue weighted by Gasteiger charge is 2.51. The van der Waals surface area contributed by atoms with E-state index >= 15 is 0 Å². The predicted molar refractivity (Wildman–Crippen MR) is 119 cm³/mol. The number of non-ortho nitro benzene ring substituents is 1. The molecule has 1 aromatic rings. The molecule has 0 aliphatic carbocycles. The summed E-state index contributed by atoms with van der Waals surface area (Å²) in [6.07, 6.45) is -5.22. The number of carbonyl (C=O) groups excluding carboxylic acids is 3. The van der Waals surface area contributed by atoms with Gasteiger partial charge in [0.15, 0.2) is 18.4 Å². The van der Waals surface area contributed by atoms with E-state index in [1.807, 2.05) is 0 Å². The number of anilines is 1. The molecule has 1 saturated heterocycles. The van der Waals surface area contributed by atoms with E-state index in [1.165, 1.54) is 0 Å². The first kappa shape index (κ1) is 27.2. The van der Waals surface area contributed by atoms with Gasteiger partial charge in [-0.2, -0.15) is 4.99 Å². The van der Waals surface area contributed by atoms with Crippen LogP contribution >= 0.6 is 12.2 Å². The fraction of sp³-hybridized carbons (Fsp3) is 0.474. The highest BCUT2D eigenvalue weighted by atomic mass is 32.1. The quantitative estimate of drug-likeness (QED) is 0.125. The first-order valence-corrected chi connectivity index (χ1v) is 10.2. The number of nitro benzene ring substituents is 2. The molecule has 2 rings (SSSR count). The van der Waals surface area contributed by atoms with E-state index in [1.54, 1.807) is 0 Å². The summed E-state index contributed by atoms with van der Waals surface area (Å²) in [4.78, 5) is 59.8. The van der Waals surface area contributed by atoms with Gasteiger partial charge in [0, 0.05) is 26.8 Å². The van der Waals surface area contributed by atoms with Gasteiger partial charge in [0.25, 0.3) is 11.4 Å². The summed E-state index contributed by atoms with van der Waals surface area (Å²) in [6.45, 7) is 2.87. The Bertz CT molecular complexity index is 1070. The minimum Gasteiger partial charge on any atom is -0.463 e. The first-order valence-electron chi connectivity index (χ1n) is 9.84. The maximum absolute atomic E-state index is 11.9.